The molecule has 0 saturated carbocycles. The predicted octanol–water partition coefficient (Wildman–Crippen LogP) is 2.99. The summed E-state index contributed by atoms with van der Waals surface area (Å²) in [6, 6.07) is 20.8. The summed E-state index contributed by atoms with van der Waals surface area (Å²) in [7, 11) is 0. The zero-order chi connectivity index (χ0) is 18.7. The van der Waals surface area contributed by atoms with E-state index in [1.165, 1.54) is 11.1 Å². The normalized spacial score (nSPS) is 15.9. The third kappa shape index (κ3) is 6.38. The first kappa shape index (κ1) is 19.4. The van der Waals surface area contributed by atoms with Crippen LogP contribution in [0.3, 0.4) is 0 Å². The number of benzene rings is 2. The number of carbonyl (C=O) groups excluding carboxylic acids is 1. The molecule has 1 fully saturated rings. The van der Waals surface area contributed by atoms with Crippen molar-refractivity contribution in [2.45, 2.75) is 18.9 Å². The van der Waals surface area contributed by atoms with Gasteiger partial charge in [0.1, 0.15) is 0 Å². The van der Waals surface area contributed by atoms with Gasteiger partial charge in [0.2, 0.25) is 0 Å². The largest absolute Gasteiger partial charge is 0.379 e. The highest BCUT2D eigenvalue weighted by Crippen LogP contribution is 2.20. The Kier molecular flexibility index (Phi) is 7.69. The van der Waals surface area contributed by atoms with E-state index in [2.05, 4.69) is 39.8 Å². The predicted molar refractivity (Wildman–Crippen MR) is 108 cm³/mol. The van der Waals surface area contributed by atoms with Gasteiger partial charge in [0, 0.05) is 26.2 Å². The van der Waals surface area contributed by atoms with Gasteiger partial charge in [0.05, 0.1) is 19.3 Å². The Morgan fingerprint density at radius 3 is 2.33 bits per heavy atom. The Morgan fingerprint density at radius 2 is 1.63 bits per heavy atom. The first-order chi connectivity index (χ1) is 13.3. The lowest BCUT2D eigenvalue weighted by molar-refractivity contribution is 0.0167. The molecule has 2 amide bonds. The lowest BCUT2D eigenvalue weighted by Crippen LogP contribution is -2.45. The molecule has 1 heterocycles. The van der Waals surface area contributed by atoms with E-state index in [1.54, 1.807) is 0 Å². The van der Waals surface area contributed by atoms with Gasteiger partial charge in [0.25, 0.3) is 0 Å². The number of nitrogens with one attached hydrogen (secondary N) is 2. The van der Waals surface area contributed by atoms with Crippen LogP contribution in [-0.2, 0) is 11.2 Å². The number of carbonyl (C=O) groups is 1. The van der Waals surface area contributed by atoms with Crippen molar-refractivity contribution in [2.75, 3.05) is 39.4 Å². The smallest absolute Gasteiger partial charge is 0.314 e. The van der Waals surface area contributed by atoms with Gasteiger partial charge in [-0.2, -0.15) is 0 Å². The lowest BCUT2D eigenvalue weighted by Gasteiger charge is -2.34. The van der Waals surface area contributed by atoms with Gasteiger partial charge in [-0.1, -0.05) is 60.7 Å². The number of urea groups is 1. The summed E-state index contributed by atoms with van der Waals surface area (Å²) in [6.45, 7) is 4.53. The molecule has 1 saturated heterocycles. The molecule has 1 atom stereocenters. The van der Waals surface area contributed by atoms with Crippen molar-refractivity contribution in [2.24, 2.45) is 0 Å². The third-order valence-electron chi connectivity index (χ3n) is 4.90. The second-order valence-electron chi connectivity index (χ2n) is 6.80. The Labute approximate surface area is 161 Å². The maximum absolute atomic E-state index is 12.2. The van der Waals surface area contributed by atoms with E-state index in [4.69, 9.17) is 4.74 Å². The number of aryl methyl sites for hydroxylation is 1. The van der Waals surface area contributed by atoms with Crippen LogP contribution in [0.2, 0.25) is 0 Å². The minimum absolute atomic E-state index is 0.0998. The summed E-state index contributed by atoms with van der Waals surface area (Å²) in [5.74, 6) is 0. The number of nitrogens with zero attached hydrogens (tertiary/aromatic N) is 1. The molecule has 144 valence electrons. The number of hydrogen-bond donors (Lipinski definition) is 2. The molecule has 2 N–H and O–H groups in total. The molecule has 1 aliphatic heterocycles. The van der Waals surface area contributed by atoms with Gasteiger partial charge in [-0.25, -0.2) is 4.79 Å². The van der Waals surface area contributed by atoms with Crippen LogP contribution in [0.1, 0.15) is 23.6 Å². The second kappa shape index (κ2) is 10.7. The minimum Gasteiger partial charge on any atom is -0.379 e. The molecule has 5 heteroatoms. The van der Waals surface area contributed by atoms with Crippen molar-refractivity contribution in [1.29, 1.82) is 0 Å². The Morgan fingerprint density at radius 1 is 0.963 bits per heavy atom. The van der Waals surface area contributed by atoms with Crippen LogP contribution in [0.25, 0.3) is 0 Å². The van der Waals surface area contributed by atoms with Crippen molar-refractivity contribution in [1.82, 2.24) is 15.5 Å². The van der Waals surface area contributed by atoms with Gasteiger partial charge in [-0.3, -0.25) is 4.90 Å². The van der Waals surface area contributed by atoms with Crippen molar-refractivity contribution in [3.8, 4) is 0 Å². The third-order valence-corrected chi connectivity index (χ3v) is 4.90. The molecule has 2 aromatic rings. The molecule has 1 aliphatic rings. The lowest BCUT2D eigenvalue weighted by atomic mass is 10.0. The summed E-state index contributed by atoms with van der Waals surface area (Å²) in [5, 5.41) is 6.01. The summed E-state index contributed by atoms with van der Waals surface area (Å²) in [6.07, 6.45) is 1.91. The Hall–Kier alpha value is -2.37. The topological polar surface area (TPSA) is 53.6 Å². The van der Waals surface area contributed by atoms with Gasteiger partial charge >= 0.3 is 6.03 Å². The quantitative estimate of drug-likeness (QED) is 0.705. The SMILES string of the molecule is O=C(NCCCc1ccccc1)NCC(c1ccccc1)N1CCOCC1. The molecule has 1 unspecified atom stereocenters. The standard InChI is InChI=1S/C22H29N3O2/c26-22(23-13-7-10-19-8-3-1-4-9-19)24-18-21(20-11-5-2-6-12-20)25-14-16-27-17-15-25/h1-6,8-9,11-12,21H,7,10,13-18H2,(H2,23,24,26). The molecule has 3 rings (SSSR count). The van der Waals surface area contributed by atoms with Gasteiger partial charge in [-0.05, 0) is 24.0 Å². The van der Waals surface area contributed by atoms with Crippen molar-refractivity contribution >= 4 is 6.03 Å². The van der Waals surface area contributed by atoms with E-state index < -0.39 is 0 Å². The van der Waals surface area contributed by atoms with E-state index >= 15 is 0 Å². The van der Waals surface area contributed by atoms with Gasteiger partial charge in [0.15, 0.2) is 0 Å². The number of morpholine rings is 1. The van der Waals surface area contributed by atoms with E-state index in [0.717, 1.165) is 39.1 Å². The van der Waals surface area contributed by atoms with Crippen LogP contribution in [0.5, 0.6) is 0 Å². The molecular weight excluding hydrogens is 338 g/mol. The van der Waals surface area contributed by atoms with Crippen LogP contribution >= 0.6 is 0 Å². The van der Waals surface area contributed by atoms with Crippen molar-refractivity contribution in [3.05, 3.63) is 71.8 Å². The van der Waals surface area contributed by atoms with Crippen LogP contribution < -0.4 is 10.6 Å². The fraction of sp³-hybridized carbons (Fsp3) is 0.409. The van der Waals surface area contributed by atoms with Crippen molar-refractivity contribution in [3.63, 3.8) is 0 Å². The molecule has 0 aromatic heterocycles. The molecule has 5 nitrogen and oxygen atoms in total. The Bertz CT molecular complexity index is 672. The molecule has 0 spiro atoms. The molecular formula is C22H29N3O2. The van der Waals surface area contributed by atoms with E-state index in [0.29, 0.717) is 13.1 Å². The summed E-state index contributed by atoms with van der Waals surface area (Å²) < 4.78 is 5.47. The van der Waals surface area contributed by atoms with Crippen LogP contribution in [-0.4, -0.2) is 50.3 Å². The molecule has 2 aromatic carbocycles. The first-order valence-electron chi connectivity index (χ1n) is 9.75. The van der Waals surface area contributed by atoms with Crippen LogP contribution in [0, 0.1) is 0 Å². The fourth-order valence-corrected chi connectivity index (χ4v) is 3.41. The average Bonchev–Trinajstić information content (AvgIpc) is 2.74. The zero-order valence-corrected chi connectivity index (χ0v) is 15.8. The molecule has 0 aliphatic carbocycles. The first-order valence-corrected chi connectivity index (χ1v) is 9.75. The average molecular weight is 367 g/mol. The van der Waals surface area contributed by atoms with Gasteiger partial charge < -0.3 is 15.4 Å². The van der Waals surface area contributed by atoms with E-state index in [-0.39, 0.29) is 12.1 Å². The van der Waals surface area contributed by atoms with Crippen LogP contribution in [0.4, 0.5) is 4.79 Å². The highest BCUT2D eigenvalue weighted by atomic mass is 16.5. The zero-order valence-electron chi connectivity index (χ0n) is 15.8. The maximum Gasteiger partial charge on any atom is 0.314 e. The highest BCUT2D eigenvalue weighted by Gasteiger charge is 2.22. The number of hydrogen-bond acceptors (Lipinski definition) is 3. The van der Waals surface area contributed by atoms with Crippen molar-refractivity contribution < 1.29 is 9.53 Å². The monoisotopic (exact) mass is 367 g/mol. The van der Waals surface area contributed by atoms with Gasteiger partial charge in [-0.15, -0.1) is 0 Å². The molecule has 0 bridgehead atoms. The highest BCUT2D eigenvalue weighted by molar-refractivity contribution is 5.73. The number of ether oxygens (including phenoxy) is 1. The molecule has 0 radical (unpaired) electrons. The molecule has 27 heavy (non-hydrogen) atoms. The van der Waals surface area contributed by atoms with E-state index in [1.807, 2.05) is 36.4 Å². The number of rotatable bonds is 8. The maximum atomic E-state index is 12.2. The summed E-state index contributed by atoms with van der Waals surface area (Å²) >= 11 is 0. The summed E-state index contributed by atoms with van der Waals surface area (Å²) in [5.41, 5.74) is 2.53. The summed E-state index contributed by atoms with van der Waals surface area (Å²) in [4.78, 5) is 14.6. The Balaban J connectivity index is 1.44. The second-order valence-corrected chi connectivity index (χ2v) is 6.80. The minimum atomic E-state index is -0.0998. The van der Waals surface area contributed by atoms with Crippen LogP contribution in [0.15, 0.2) is 60.7 Å². The van der Waals surface area contributed by atoms with E-state index in [9.17, 15) is 4.79 Å². The fourth-order valence-electron chi connectivity index (χ4n) is 3.41. The number of amides is 2.